The number of rotatable bonds is 5. The molecule has 0 spiro atoms. The molecule has 0 aliphatic rings. The number of hydrogen-bond donors (Lipinski definition) is 0. The molecule has 111 valence electrons. The van der Waals surface area contributed by atoms with E-state index in [1.807, 2.05) is 6.07 Å². The first-order valence-electron chi connectivity index (χ1n) is 7.28. The van der Waals surface area contributed by atoms with Crippen LogP contribution in [0.2, 0.25) is 10.4 Å². The van der Waals surface area contributed by atoms with E-state index in [1.54, 1.807) is 6.20 Å². The van der Waals surface area contributed by atoms with Crippen molar-refractivity contribution in [3.05, 3.63) is 64.4 Å². The average Bonchev–Trinajstić information content (AvgIpc) is 2.43. The van der Waals surface area contributed by atoms with Crippen LogP contribution in [-0.4, -0.2) is 20.7 Å². The fraction of sp³-hybridized carbons (Fsp3) is 0.389. The van der Waals surface area contributed by atoms with Crippen LogP contribution < -0.4 is 0 Å². The molecule has 1 aromatic carbocycles. The van der Waals surface area contributed by atoms with Crippen LogP contribution in [-0.2, 0) is 17.0 Å². The molecule has 0 N–H and O–H groups in total. The summed E-state index contributed by atoms with van der Waals surface area (Å²) in [4.78, 5) is 4.02. The quantitative estimate of drug-likeness (QED) is 0.419. The number of aryl methyl sites for hydroxylation is 1. The van der Waals surface area contributed by atoms with Crippen LogP contribution in [0.1, 0.15) is 37.5 Å². The van der Waals surface area contributed by atoms with E-state index in [4.69, 9.17) is 11.6 Å². The van der Waals surface area contributed by atoms with Crippen molar-refractivity contribution in [2.45, 2.75) is 43.0 Å². The van der Waals surface area contributed by atoms with Crippen LogP contribution in [0.3, 0.4) is 0 Å². The second kappa shape index (κ2) is 7.47. The van der Waals surface area contributed by atoms with Gasteiger partial charge in [0, 0.05) is 0 Å². The third-order valence-electron chi connectivity index (χ3n) is 3.46. The fourth-order valence-corrected chi connectivity index (χ4v) is 4.51. The Bertz CT molecular complexity index is 573. The summed E-state index contributed by atoms with van der Waals surface area (Å²) in [6, 6.07) is 13.2. The van der Waals surface area contributed by atoms with E-state index in [-0.39, 0.29) is 5.41 Å². The summed E-state index contributed by atoms with van der Waals surface area (Å²) in [5.41, 5.74) is 4.42. The average molecular weight is 363 g/mol. The van der Waals surface area contributed by atoms with Crippen molar-refractivity contribution in [2.24, 2.45) is 0 Å². The summed E-state index contributed by atoms with van der Waals surface area (Å²) in [7, 11) is 0. The Hall–Kier alpha value is -0.782. The Balaban J connectivity index is 1.79. The number of nitrogens with zero attached hydrogens (tertiary/aromatic N) is 1. The molecule has 2 aromatic rings. The fourth-order valence-electron chi connectivity index (χ4n) is 2.12. The number of hydrogen-bond acceptors (Lipinski definition) is 1. The number of aromatic nitrogens is 1. The minimum atomic E-state index is 0.243. The third-order valence-corrected chi connectivity index (χ3v) is 6.04. The maximum atomic E-state index is 5.90. The van der Waals surface area contributed by atoms with Gasteiger partial charge in [0.15, 0.2) is 0 Å². The van der Waals surface area contributed by atoms with E-state index < -0.39 is 0 Å². The molecule has 0 fully saturated rings. The van der Waals surface area contributed by atoms with Crippen LogP contribution in [0.25, 0.3) is 0 Å². The molecule has 0 aliphatic carbocycles. The van der Waals surface area contributed by atoms with E-state index in [0.29, 0.717) is 20.9 Å². The first-order valence-corrected chi connectivity index (χ1v) is 10.3. The van der Waals surface area contributed by atoms with Gasteiger partial charge < -0.3 is 0 Å². The Morgan fingerprint density at radius 3 is 2.38 bits per heavy atom. The molecule has 0 atom stereocenters. The van der Waals surface area contributed by atoms with Crippen molar-refractivity contribution in [3.8, 4) is 0 Å². The molecule has 2 rings (SSSR count). The number of pyridine rings is 1. The van der Waals surface area contributed by atoms with Crippen molar-refractivity contribution in [2.75, 3.05) is 0 Å². The summed E-state index contributed by atoms with van der Waals surface area (Å²) >= 11 is 6.26. The Morgan fingerprint density at radius 2 is 1.76 bits per heavy atom. The normalized spacial score (nSPS) is 12.2. The predicted octanol–water partition coefficient (Wildman–Crippen LogP) is 4.90. The molecule has 1 aromatic heterocycles. The van der Waals surface area contributed by atoms with E-state index in [0.717, 1.165) is 6.42 Å². The summed E-state index contributed by atoms with van der Waals surface area (Å²) in [6.07, 6.45) is 2.90. The minimum absolute atomic E-state index is 0.243. The maximum absolute atomic E-state index is 5.90. The molecule has 0 unspecified atom stereocenters. The van der Waals surface area contributed by atoms with Gasteiger partial charge >= 0.3 is 140 Å². The molecule has 1 nitrogen and oxygen atoms in total. The topological polar surface area (TPSA) is 12.9 Å². The first-order chi connectivity index (χ1) is 9.95. The van der Waals surface area contributed by atoms with Crippen LogP contribution in [0.15, 0.2) is 42.6 Å². The van der Waals surface area contributed by atoms with Crippen molar-refractivity contribution in [1.29, 1.82) is 0 Å². The van der Waals surface area contributed by atoms with Crippen molar-refractivity contribution in [1.82, 2.24) is 4.98 Å². The molecule has 0 aliphatic heterocycles. The molecule has 0 saturated carbocycles. The zero-order chi connectivity index (χ0) is 15.3. The molecule has 21 heavy (non-hydrogen) atoms. The third kappa shape index (κ3) is 5.49. The van der Waals surface area contributed by atoms with Crippen molar-refractivity contribution < 1.29 is 0 Å². The molecular weight excluding hydrogens is 341 g/mol. The van der Waals surface area contributed by atoms with E-state index >= 15 is 0 Å². The zero-order valence-corrected chi connectivity index (χ0v) is 15.6. The Labute approximate surface area is 139 Å². The van der Waals surface area contributed by atoms with Crippen LogP contribution in [0.4, 0.5) is 0 Å². The molecule has 0 bridgehead atoms. The monoisotopic (exact) mass is 362 g/mol. The van der Waals surface area contributed by atoms with Crippen molar-refractivity contribution >= 4 is 27.4 Å². The summed E-state index contributed by atoms with van der Waals surface area (Å²) in [5.74, 6) is 0. The molecule has 0 amide bonds. The molecular formula is C18H22AsClN. The van der Waals surface area contributed by atoms with E-state index in [9.17, 15) is 0 Å². The molecule has 1 radical (unpaired) electrons. The predicted molar refractivity (Wildman–Crippen MR) is 92.4 cm³/mol. The van der Waals surface area contributed by atoms with Gasteiger partial charge in [-0.15, -0.1) is 0 Å². The van der Waals surface area contributed by atoms with Gasteiger partial charge in [-0.05, 0) is 0 Å². The van der Waals surface area contributed by atoms with Crippen LogP contribution in [0.5, 0.6) is 0 Å². The molecule has 3 heteroatoms. The SMILES string of the molecule is CC(C)(C)c1ccc(C[As]CCc2ccnc(Cl)c2)cc1. The molecule has 1 heterocycles. The van der Waals surface area contributed by atoms with Gasteiger partial charge in [0.25, 0.3) is 0 Å². The summed E-state index contributed by atoms with van der Waals surface area (Å²) < 4.78 is 0. The first kappa shape index (κ1) is 16.6. The van der Waals surface area contributed by atoms with E-state index in [2.05, 4.69) is 56.1 Å². The zero-order valence-electron chi connectivity index (χ0n) is 12.9. The van der Waals surface area contributed by atoms with Crippen LogP contribution in [0, 0.1) is 0 Å². The van der Waals surface area contributed by atoms with Gasteiger partial charge in [-0.25, -0.2) is 0 Å². The van der Waals surface area contributed by atoms with E-state index in [1.165, 1.54) is 27.1 Å². The van der Waals surface area contributed by atoms with Gasteiger partial charge in [0.2, 0.25) is 0 Å². The Morgan fingerprint density at radius 1 is 1.05 bits per heavy atom. The summed E-state index contributed by atoms with van der Waals surface area (Å²) in [5, 5.41) is 3.11. The number of halogens is 1. The second-order valence-electron chi connectivity index (χ2n) is 6.29. The van der Waals surface area contributed by atoms with Gasteiger partial charge in [0.1, 0.15) is 0 Å². The van der Waals surface area contributed by atoms with Gasteiger partial charge in [0.05, 0.1) is 0 Å². The number of benzene rings is 1. The van der Waals surface area contributed by atoms with Gasteiger partial charge in [-0.3, -0.25) is 0 Å². The Kier molecular flexibility index (Phi) is 5.90. The van der Waals surface area contributed by atoms with Crippen LogP contribution >= 0.6 is 11.6 Å². The van der Waals surface area contributed by atoms with Gasteiger partial charge in [-0.2, -0.15) is 0 Å². The summed E-state index contributed by atoms with van der Waals surface area (Å²) in [6.45, 7) is 6.77. The molecule has 0 saturated heterocycles. The standard InChI is InChI=1S/C18H22AsClN/c1-18(2,3)16-6-4-15(5-7-16)13-19-10-8-14-9-11-21-17(20)12-14/h4-7,9,11-12H,8,10,13H2,1-3H3. The second-order valence-corrected chi connectivity index (χ2v) is 9.22. The van der Waals surface area contributed by atoms with Crippen molar-refractivity contribution in [3.63, 3.8) is 0 Å². The van der Waals surface area contributed by atoms with Gasteiger partial charge in [-0.1, -0.05) is 0 Å².